The zero-order chi connectivity index (χ0) is 11.9. The molecule has 0 radical (unpaired) electrons. The number of benzene rings is 1. The highest BCUT2D eigenvalue weighted by Gasteiger charge is 2.34. The second kappa shape index (κ2) is 3.72. The van der Waals surface area contributed by atoms with Crippen molar-refractivity contribution in [2.45, 2.75) is 6.18 Å². The molecule has 0 fully saturated rings. The lowest BCUT2D eigenvalue weighted by Crippen LogP contribution is -2.19. The van der Waals surface area contributed by atoms with E-state index < -0.39 is 17.6 Å². The van der Waals surface area contributed by atoms with E-state index in [1.54, 1.807) is 17.1 Å². The van der Waals surface area contributed by atoms with Gasteiger partial charge in [0.1, 0.15) is 0 Å². The summed E-state index contributed by atoms with van der Waals surface area (Å²) in [5, 5.41) is 0.153. The van der Waals surface area contributed by atoms with Gasteiger partial charge >= 0.3 is 6.18 Å². The normalized spacial score (nSPS) is 12.0. The fourth-order valence-corrected chi connectivity index (χ4v) is 1.88. The van der Waals surface area contributed by atoms with Crippen LogP contribution < -0.4 is 5.56 Å². The lowest BCUT2D eigenvalue weighted by molar-refractivity contribution is -0.144. The van der Waals surface area contributed by atoms with Crippen LogP contribution >= 0.6 is 22.6 Å². The zero-order valence-electron chi connectivity index (χ0n) is 7.60. The van der Waals surface area contributed by atoms with E-state index in [0.717, 1.165) is 0 Å². The number of nitrogens with zero attached hydrogens (tertiary/aromatic N) is 1. The van der Waals surface area contributed by atoms with Gasteiger partial charge in [-0.2, -0.15) is 13.2 Å². The number of hydrogen-bond donors (Lipinski definition) is 1. The van der Waals surface area contributed by atoms with E-state index in [4.69, 9.17) is 0 Å². The summed E-state index contributed by atoms with van der Waals surface area (Å²) >= 11 is 1.84. The number of aromatic amines is 1. The molecule has 7 heteroatoms. The van der Waals surface area contributed by atoms with Crippen LogP contribution in [0.2, 0.25) is 0 Å². The van der Waals surface area contributed by atoms with Gasteiger partial charge in [-0.25, -0.2) is 4.98 Å². The highest BCUT2D eigenvalue weighted by molar-refractivity contribution is 14.1. The van der Waals surface area contributed by atoms with Crippen molar-refractivity contribution in [3.8, 4) is 0 Å². The van der Waals surface area contributed by atoms with Crippen molar-refractivity contribution in [2.75, 3.05) is 0 Å². The Labute approximate surface area is 101 Å². The number of alkyl halides is 3. The van der Waals surface area contributed by atoms with Crippen LogP contribution in [0.1, 0.15) is 5.82 Å². The molecule has 0 aliphatic heterocycles. The number of fused-ring (bicyclic) bond motifs is 1. The highest BCUT2D eigenvalue weighted by atomic mass is 127. The van der Waals surface area contributed by atoms with E-state index in [9.17, 15) is 18.0 Å². The van der Waals surface area contributed by atoms with Gasteiger partial charge in [-0.15, -0.1) is 0 Å². The SMILES string of the molecule is O=c1[nH]c(C(F)(F)F)nc2c(I)cccc12. The Kier molecular flexibility index (Phi) is 2.64. The quantitative estimate of drug-likeness (QED) is 0.750. The van der Waals surface area contributed by atoms with Crippen molar-refractivity contribution >= 4 is 33.5 Å². The molecule has 16 heavy (non-hydrogen) atoms. The van der Waals surface area contributed by atoms with Crippen LogP contribution in [0.4, 0.5) is 13.2 Å². The molecule has 0 atom stereocenters. The third-order valence-corrected chi connectivity index (χ3v) is 2.83. The van der Waals surface area contributed by atoms with Crippen molar-refractivity contribution in [3.05, 3.63) is 37.9 Å². The number of rotatable bonds is 0. The van der Waals surface area contributed by atoms with Crippen LogP contribution in [-0.2, 0) is 6.18 Å². The standard InChI is InChI=1S/C9H4F3IN2O/c10-9(11,12)8-14-6-4(7(16)15-8)2-1-3-5(6)13/h1-3H,(H,14,15,16). The van der Waals surface area contributed by atoms with Gasteiger partial charge in [0.2, 0.25) is 5.82 Å². The van der Waals surface area contributed by atoms with Crippen LogP contribution in [-0.4, -0.2) is 9.97 Å². The van der Waals surface area contributed by atoms with E-state index in [2.05, 4.69) is 4.98 Å². The third kappa shape index (κ3) is 1.91. The molecule has 0 bridgehead atoms. The van der Waals surface area contributed by atoms with E-state index in [-0.39, 0.29) is 10.9 Å². The first-order valence-electron chi connectivity index (χ1n) is 4.15. The van der Waals surface area contributed by atoms with Gasteiger partial charge in [0.25, 0.3) is 5.56 Å². The van der Waals surface area contributed by atoms with Gasteiger partial charge in [0.05, 0.1) is 10.9 Å². The number of hydrogen-bond acceptors (Lipinski definition) is 2. The molecule has 3 nitrogen and oxygen atoms in total. The summed E-state index contributed by atoms with van der Waals surface area (Å²) in [6, 6.07) is 4.62. The van der Waals surface area contributed by atoms with Crippen LogP contribution in [0.25, 0.3) is 10.9 Å². The number of nitrogens with one attached hydrogen (secondary N) is 1. The molecule has 0 aliphatic carbocycles. The second-order valence-electron chi connectivity index (χ2n) is 3.05. The van der Waals surface area contributed by atoms with Gasteiger partial charge in [0, 0.05) is 3.57 Å². The maximum Gasteiger partial charge on any atom is 0.449 e. The fraction of sp³-hybridized carbons (Fsp3) is 0.111. The lowest BCUT2D eigenvalue weighted by atomic mass is 10.2. The Balaban J connectivity index is 2.86. The average molecular weight is 340 g/mol. The molecule has 0 amide bonds. The van der Waals surface area contributed by atoms with Gasteiger partial charge in [-0.3, -0.25) is 4.79 Å². The van der Waals surface area contributed by atoms with Crippen molar-refractivity contribution in [2.24, 2.45) is 0 Å². The molecule has 1 heterocycles. The monoisotopic (exact) mass is 340 g/mol. The molecule has 1 aromatic carbocycles. The van der Waals surface area contributed by atoms with E-state index in [1.807, 2.05) is 22.6 Å². The summed E-state index contributed by atoms with van der Waals surface area (Å²) in [5.41, 5.74) is -0.713. The summed E-state index contributed by atoms with van der Waals surface area (Å²) in [4.78, 5) is 16.5. The Bertz CT molecular complexity index is 606. The van der Waals surface area contributed by atoms with Crippen LogP contribution in [0.15, 0.2) is 23.0 Å². The first kappa shape index (κ1) is 11.4. The summed E-state index contributed by atoms with van der Waals surface area (Å²) in [5.74, 6) is -1.27. The zero-order valence-corrected chi connectivity index (χ0v) is 9.76. The Morgan fingerprint density at radius 2 is 2.00 bits per heavy atom. The Hall–Kier alpha value is -1.12. The van der Waals surface area contributed by atoms with Gasteiger partial charge in [0.15, 0.2) is 0 Å². The molecule has 0 unspecified atom stereocenters. The molecule has 0 saturated heterocycles. The number of H-pyrrole nitrogens is 1. The molecule has 1 N–H and O–H groups in total. The highest BCUT2D eigenvalue weighted by Crippen LogP contribution is 2.26. The topological polar surface area (TPSA) is 45.8 Å². The summed E-state index contributed by atoms with van der Waals surface area (Å²) in [6.07, 6.45) is -4.65. The maximum atomic E-state index is 12.4. The first-order chi connectivity index (χ1) is 7.39. The summed E-state index contributed by atoms with van der Waals surface area (Å²) < 4.78 is 37.7. The minimum absolute atomic E-state index is 0.0687. The average Bonchev–Trinajstić information content (AvgIpc) is 2.18. The molecule has 1 aromatic heterocycles. The predicted octanol–water partition coefficient (Wildman–Crippen LogP) is 2.55. The molecule has 0 saturated carbocycles. The summed E-state index contributed by atoms with van der Waals surface area (Å²) in [6.45, 7) is 0. The van der Waals surface area contributed by atoms with Crippen LogP contribution in [0, 0.1) is 3.57 Å². The van der Waals surface area contributed by atoms with E-state index in [0.29, 0.717) is 3.57 Å². The Morgan fingerprint density at radius 3 is 2.62 bits per heavy atom. The first-order valence-corrected chi connectivity index (χ1v) is 5.23. The molecule has 2 aromatic rings. The fourth-order valence-electron chi connectivity index (χ4n) is 1.26. The van der Waals surface area contributed by atoms with Gasteiger partial charge in [-0.05, 0) is 34.7 Å². The van der Waals surface area contributed by atoms with Crippen molar-refractivity contribution < 1.29 is 13.2 Å². The molecular weight excluding hydrogens is 336 g/mol. The lowest BCUT2D eigenvalue weighted by Gasteiger charge is -2.06. The summed E-state index contributed by atoms with van der Waals surface area (Å²) in [7, 11) is 0. The van der Waals surface area contributed by atoms with Crippen molar-refractivity contribution in [1.82, 2.24) is 9.97 Å². The molecule has 0 aliphatic rings. The number of halogens is 4. The molecular formula is C9H4F3IN2O. The largest absolute Gasteiger partial charge is 0.449 e. The van der Waals surface area contributed by atoms with Crippen molar-refractivity contribution in [3.63, 3.8) is 0 Å². The molecule has 0 spiro atoms. The van der Waals surface area contributed by atoms with Gasteiger partial charge in [-0.1, -0.05) is 6.07 Å². The van der Waals surface area contributed by atoms with Crippen molar-refractivity contribution in [1.29, 1.82) is 0 Å². The maximum absolute atomic E-state index is 12.4. The predicted molar refractivity (Wildman–Crippen MR) is 60.1 cm³/mol. The smallest absolute Gasteiger partial charge is 0.302 e. The third-order valence-electron chi connectivity index (χ3n) is 1.96. The molecule has 2 rings (SSSR count). The molecule has 84 valence electrons. The second-order valence-corrected chi connectivity index (χ2v) is 4.21. The van der Waals surface area contributed by atoms with E-state index >= 15 is 0 Å². The van der Waals surface area contributed by atoms with Crippen LogP contribution in [0.5, 0.6) is 0 Å². The van der Waals surface area contributed by atoms with Crippen LogP contribution in [0.3, 0.4) is 0 Å². The Morgan fingerprint density at radius 1 is 1.31 bits per heavy atom. The minimum atomic E-state index is -4.65. The van der Waals surface area contributed by atoms with Gasteiger partial charge < -0.3 is 4.98 Å². The number of para-hydroxylation sites is 1. The van der Waals surface area contributed by atoms with E-state index in [1.165, 1.54) is 6.07 Å². The number of aromatic nitrogens is 2. The minimum Gasteiger partial charge on any atom is -0.302 e.